The average molecular weight is 219 g/mol. The lowest BCUT2D eigenvalue weighted by atomic mass is 10.0. The number of aryl methyl sites for hydroxylation is 1. The Labute approximate surface area is 97.9 Å². The summed E-state index contributed by atoms with van der Waals surface area (Å²) in [5.41, 5.74) is 2.61. The van der Waals surface area contributed by atoms with Crippen molar-refractivity contribution in [1.82, 2.24) is 9.88 Å². The Kier molecular flexibility index (Phi) is 3.44. The van der Waals surface area contributed by atoms with E-state index in [1.807, 2.05) is 13.2 Å². The van der Waals surface area contributed by atoms with Gasteiger partial charge in [-0.2, -0.15) is 0 Å². The number of anilines is 1. The standard InChI is InChI=1S/C13H21N3/c1-4-16-7-5-6-12(16)11-8-10(2)13(14-3)15-9-11/h8-9,12H,4-7H2,1-3H3,(H,14,15)/t12-/m0/s1. The minimum Gasteiger partial charge on any atom is -0.373 e. The summed E-state index contributed by atoms with van der Waals surface area (Å²) < 4.78 is 0. The monoisotopic (exact) mass is 219 g/mol. The molecular formula is C13H21N3. The molecule has 3 nitrogen and oxygen atoms in total. The Morgan fingerprint density at radius 3 is 3.00 bits per heavy atom. The van der Waals surface area contributed by atoms with E-state index in [-0.39, 0.29) is 0 Å². The normalized spacial score (nSPS) is 21.3. The fourth-order valence-electron chi connectivity index (χ4n) is 2.62. The molecule has 1 aromatic heterocycles. The van der Waals surface area contributed by atoms with Crippen molar-refractivity contribution < 1.29 is 0 Å². The molecule has 0 aromatic carbocycles. The van der Waals surface area contributed by atoms with E-state index in [0.717, 1.165) is 12.4 Å². The maximum Gasteiger partial charge on any atom is 0.128 e. The van der Waals surface area contributed by atoms with E-state index < -0.39 is 0 Å². The van der Waals surface area contributed by atoms with E-state index in [1.165, 1.54) is 30.5 Å². The van der Waals surface area contributed by atoms with Crippen LogP contribution in [0, 0.1) is 6.92 Å². The van der Waals surface area contributed by atoms with Crippen LogP contribution in [-0.4, -0.2) is 30.0 Å². The van der Waals surface area contributed by atoms with E-state index in [4.69, 9.17) is 0 Å². The summed E-state index contributed by atoms with van der Waals surface area (Å²) in [6.45, 7) is 6.72. The molecule has 1 saturated heterocycles. The Morgan fingerprint density at radius 2 is 2.38 bits per heavy atom. The predicted octanol–water partition coefficient (Wildman–Crippen LogP) is 2.59. The first-order valence-corrected chi connectivity index (χ1v) is 6.14. The van der Waals surface area contributed by atoms with Crippen LogP contribution in [-0.2, 0) is 0 Å². The highest BCUT2D eigenvalue weighted by atomic mass is 15.2. The molecule has 0 radical (unpaired) electrons. The average Bonchev–Trinajstić information content (AvgIpc) is 2.77. The highest BCUT2D eigenvalue weighted by molar-refractivity contribution is 5.44. The molecule has 16 heavy (non-hydrogen) atoms. The van der Waals surface area contributed by atoms with Gasteiger partial charge in [0.1, 0.15) is 5.82 Å². The highest BCUT2D eigenvalue weighted by Gasteiger charge is 2.24. The largest absolute Gasteiger partial charge is 0.373 e. The van der Waals surface area contributed by atoms with E-state index in [9.17, 15) is 0 Å². The second kappa shape index (κ2) is 4.83. The van der Waals surface area contributed by atoms with Crippen molar-refractivity contribution in [2.24, 2.45) is 0 Å². The van der Waals surface area contributed by atoms with E-state index in [1.54, 1.807) is 0 Å². The van der Waals surface area contributed by atoms with Gasteiger partial charge >= 0.3 is 0 Å². The molecule has 1 aliphatic rings. The van der Waals surface area contributed by atoms with Crippen LogP contribution in [0.5, 0.6) is 0 Å². The minimum absolute atomic E-state index is 0.585. The minimum atomic E-state index is 0.585. The number of hydrogen-bond acceptors (Lipinski definition) is 3. The lowest BCUT2D eigenvalue weighted by Gasteiger charge is -2.23. The second-order valence-corrected chi connectivity index (χ2v) is 4.47. The zero-order valence-corrected chi connectivity index (χ0v) is 10.5. The lowest BCUT2D eigenvalue weighted by Crippen LogP contribution is -2.22. The fraction of sp³-hybridized carbons (Fsp3) is 0.615. The first kappa shape index (κ1) is 11.4. The second-order valence-electron chi connectivity index (χ2n) is 4.47. The molecule has 1 N–H and O–H groups in total. The van der Waals surface area contributed by atoms with Gasteiger partial charge in [-0.15, -0.1) is 0 Å². The number of likely N-dealkylation sites (tertiary alicyclic amines) is 1. The summed E-state index contributed by atoms with van der Waals surface area (Å²) in [5.74, 6) is 0.991. The van der Waals surface area contributed by atoms with E-state index in [2.05, 4.69) is 35.1 Å². The Bertz CT molecular complexity index is 362. The van der Waals surface area contributed by atoms with Gasteiger partial charge in [-0.3, -0.25) is 4.90 Å². The number of rotatable bonds is 3. The molecular weight excluding hydrogens is 198 g/mol. The van der Waals surface area contributed by atoms with Crippen LogP contribution in [0.1, 0.15) is 36.9 Å². The molecule has 3 heteroatoms. The topological polar surface area (TPSA) is 28.2 Å². The molecule has 1 aliphatic heterocycles. The summed E-state index contributed by atoms with van der Waals surface area (Å²) in [6, 6.07) is 2.86. The first-order valence-electron chi connectivity index (χ1n) is 6.14. The number of aromatic nitrogens is 1. The molecule has 0 aliphatic carbocycles. The lowest BCUT2D eigenvalue weighted by molar-refractivity contribution is 0.271. The molecule has 0 saturated carbocycles. The Balaban J connectivity index is 2.23. The molecule has 2 heterocycles. The molecule has 0 bridgehead atoms. The van der Waals surface area contributed by atoms with E-state index in [0.29, 0.717) is 6.04 Å². The fourth-order valence-corrected chi connectivity index (χ4v) is 2.62. The Hall–Kier alpha value is -1.09. The quantitative estimate of drug-likeness (QED) is 0.847. The number of pyridine rings is 1. The van der Waals surface area contributed by atoms with E-state index >= 15 is 0 Å². The summed E-state index contributed by atoms with van der Waals surface area (Å²) in [5, 5.41) is 3.11. The van der Waals surface area contributed by atoms with Gasteiger partial charge in [0.15, 0.2) is 0 Å². The van der Waals surface area contributed by atoms with Gasteiger partial charge in [0.2, 0.25) is 0 Å². The molecule has 2 rings (SSSR count). The summed E-state index contributed by atoms with van der Waals surface area (Å²) in [7, 11) is 1.92. The maximum atomic E-state index is 4.47. The highest BCUT2D eigenvalue weighted by Crippen LogP contribution is 2.32. The summed E-state index contributed by atoms with van der Waals surface area (Å²) >= 11 is 0. The van der Waals surface area contributed by atoms with Gasteiger partial charge in [-0.05, 0) is 50.0 Å². The molecule has 0 amide bonds. The predicted molar refractivity (Wildman–Crippen MR) is 67.7 cm³/mol. The van der Waals surface area contributed by atoms with Gasteiger partial charge in [0.25, 0.3) is 0 Å². The van der Waals surface area contributed by atoms with Crippen molar-refractivity contribution in [3.05, 3.63) is 23.4 Å². The Morgan fingerprint density at radius 1 is 1.56 bits per heavy atom. The zero-order valence-electron chi connectivity index (χ0n) is 10.5. The molecule has 0 unspecified atom stereocenters. The number of hydrogen-bond donors (Lipinski definition) is 1. The van der Waals surface area contributed by atoms with Crippen molar-refractivity contribution in [1.29, 1.82) is 0 Å². The summed E-state index contributed by atoms with van der Waals surface area (Å²) in [6.07, 6.45) is 4.61. The van der Waals surface area contributed by atoms with Crippen LogP contribution in [0.2, 0.25) is 0 Å². The van der Waals surface area contributed by atoms with Crippen molar-refractivity contribution >= 4 is 5.82 Å². The third-order valence-electron chi connectivity index (χ3n) is 3.49. The SMILES string of the molecule is CCN1CCC[C@H]1c1cnc(NC)c(C)c1. The van der Waals surface area contributed by atoms with Crippen LogP contribution < -0.4 is 5.32 Å². The smallest absolute Gasteiger partial charge is 0.128 e. The van der Waals surface area contributed by atoms with Crippen LogP contribution in [0.15, 0.2) is 12.3 Å². The third kappa shape index (κ3) is 2.05. The first-order chi connectivity index (χ1) is 7.76. The van der Waals surface area contributed by atoms with Crippen LogP contribution in [0.3, 0.4) is 0 Å². The van der Waals surface area contributed by atoms with Crippen molar-refractivity contribution in [2.45, 2.75) is 32.7 Å². The van der Waals surface area contributed by atoms with Gasteiger partial charge in [-0.25, -0.2) is 4.98 Å². The number of nitrogens with one attached hydrogen (secondary N) is 1. The molecule has 0 spiro atoms. The van der Waals surface area contributed by atoms with Crippen LogP contribution >= 0.6 is 0 Å². The van der Waals surface area contributed by atoms with Crippen LogP contribution in [0.25, 0.3) is 0 Å². The van der Waals surface area contributed by atoms with Crippen LogP contribution in [0.4, 0.5) is 5.82 Å². The number of nitrogens with zero attached hydrogens (tertiary/aromatic N) is 2. The van der Waals surface area contributed by atoms with Gasteiger partial charge in [0, 0.05) is 19.3 Å². The van der Waals surface area contributed by atoms with Crippen molar-refractivity contribution in [2.75, 3.05) is 25.5 Å². The van der Waals surface area contributed by atoms with Crippen molar-refractivity contribution in [3.63, 3.8) is 0 Å². The van der Waals surface area contributed by atoms with Gasteiger partial charge in [-0.1, -0.05) is 6.92 Å². The van der Waals surface area contributed by atoms with Gasteiger partial charge in [0.05, 0.1) is 0 Å². The molecule has 1 aromatic rings. The zero-order chi connectivity index (χ0) is 11.5. The summed E-state index contributed by atoms with van der Waals surface area (Å²) in [4.78, 5) is 7.01. The molecule has 1 atom stereocenters. The molecule has 88 valence electrons. The van der Waals surface area contributed by atoms with Crippen molar-refractivity contribution in [3.8, 4) is 0 Å². The maximum absolute atomic E-state index is 4.47. The van der Waals surface area contributed by atoms with Gasteiger partial charge < -0.3 is 5.32 Å². The molecule has 1 fully saturated rings. The third-order valence-corrected chi connectivity index (χ3v) is 3.49.